The van der Waals surface area contributed by atoms with Crippen molar-refractivity contribution in [2.24, 2.45) is 0 Å². The molecule has 1 N–H and O–H groups in total. The quantitative estimate of drug-likeness (QED) is 0.825. The fourth-order valence-corrected chi connectivity index (χ4v) is 1.80. The molecule has 0 aliphatic carbocycles. The van der Waals surface area contributed by atoms with Gasteiger partial charge in [0.05, 0.1) is 4.88 Å². The van der Waals surface area contributed by atoms with Crippen molar-refractivity contribution in [3.8, 4) is 10.6 Å². The highest BCUT2D eigenvalue weighted by molar-refractivity contribution is 7.09. The molecule has 0 fully saturated rings. The number of carbonyl (C=O) groups excluding carboxylic acids is 1. The smallest absolute Gasteiger partial charge is 0.361 e. The van der Waals surface area contributed by atoms with Crippen LogP contribution in [0.5, 0.6) is 0 Å². The van der Waals surface area contributed by atoms with E-state index in [1.807, 2.05) is 0 Å². The molecule has 17 heavy (non-hydrogen) atoms. The van der Waals surface area contributed by atoms with Gasteiger partial charge in [-0.15, -0.1) is 5.10 Å². The fraction of sp³-hybridized carbons (Fsp3) is 0.400. The average Bonchev–Trinajstić information content (AvgIpc) is 2.85. The van der Waals surface area contributed by atoms with Crippen molar-refractivity contribution in [2.45, 2.75) is 26.4 Å². The number of esters is 1. The molecule has 0 atom stereocenters. The van der Waals surface area contributed by atoms with Crippen molar-refractivity contribution in [3.63, 3.8) is 0 Å². The summed E-state index contributed by atoms with van der Waals surface area (Å²) in [6.07, 6.45) is 1.65. The minimum absolute atomic E-state index is 0.184. The lowest BCUT2D eigenvalue weighted by Gasteiger charge is -2.18. The highest BCUT2D eigenvalue weighted by Crippen LogP contribution is 2.24. The molecular formula is C10H12N4O2S. The maximum atomic E-state index is 11.9. The number of hydrogen-bond donors (Lipinski definition) is 1. The van der Waals surface area contributed by atoms with Gasteiger partial charge in [0.2, 0.25) is 0 Å². The Hall–Kier alpha value is -1.76. The summed E-state index contributed by atoms with van der Waals surface area (Å²) in [4.78, 5) is 12.7. The monoisotopic (exact) mass is 252 g/mol. The van der Waals surface area contributed by atoms with Gasteiger partial charge in [0, 0.05) is 6.20 Å². The first-order valence-corrected chi connectivity index (χ1v) is 5.80. The van der Waals surface area contributed by atoms with E-state index in [1.165, 1.54) is 11.5 Å². The maximum Gasteiger partial charge on any atom is 0.361 e. The van der Waals surface area contributed by atoms with Crippen LogP contribution < -0.4 is 0 Å². The molecule has 2 aromatic heterocycles. The molecule has 0 aliphatic rings. The molecule has 0 radical (unpaired) electrons. The zero-order valence-corrected chi connectivity index (χ0v) is 10.5. The number of nitrogens with zero attached hydrogens (tertiary/aromatic N) is 3. The Bertz CT molecular complexity index is 513. The molecule has 0 unspecified atom stereocenters. The minimum atomic E-state index is -0.555. The molecule has 0 aliphatic heterocycles. The molecule has 2 aromatic rings. The van der Waals surface area contributed by atoms with Crippen molar-refractivity contribution in [1.82, 2.24) is 19.8 Å². The first-order valence-electron chi connectivity index (χ1n) is 5.02. The number of nitrogens with one attached hydrogen (secondary N) is 1. The summed E-state index contributed by atoms with van der Waals surface area (Å²) < 4.78 is 9.20. The second-order valence-corrected chi connectivity index (χ2v) is 5.23. The lowest BCUT2D eigenvalue weighted by Crippen LogP contribution is -2.24. The predicted molar refractivity (Wildman–Crippen MR) is 62.7 cm³/mol. The summed E-state index contributed by atoms with van der Waals surface area (Å²) in [6, 6.07) is 1.77. The first-order chi connectivity index (χ1) is 7.97. The van der Waals surface area contributed by atoms with Crippen molar-refractivity contribution in [1.29, 1.82) is 0 Å². The number of aromatic nitrogens is 4. The highest BCUT2D eigenvalue weighted by Gasteiger charge is 2.24. The van der Waals surface area contributed by atoms with E-state index < -0.39 is 11.6 Å². The summed E-state index contributed by atoms with van der Waals surface area (Å²) in [5, 5.41) is 10.2. The average molecular weight is 252 g/mol. The summed E-state index contributed by atoms with van der Waals surface area (Å²) in [5.74, 6) is -0.491. The lowest BCUT2D eigenvalue weighted by molar-refractivity contribution is 0.00638. The van der Waals surface area contributed by atoms with E-state index in [2.05, 4.69) is 19.8 Å². The molecular weight excluding hydrogens is 240 g/mol. The molecule has 0 saturated heterocycles. The lowest BCUT2D eigenvalue weighted by atomic mass is 10.2. The predicted octanol–water partition coefficient (Wildman–Crippen LogP) is 1.88. The van der Waals surface area contributed by atoms with Gasteiger partial charge in [0.25, 0.3) is 0 Å². The molecule has 2 rings (SSSR count). The second kappa shape index (κ2) is 4.25. The molecule has 0 bridgehead atoms. The Kier molecular flexibility index (Phi) is 2.93. The summed E-state index contributed by atoms with van der Waals surface area (Å²) >= 11 is 1.25. The fourth-order valence-electron chi connectivity index (χ4n) is 1.21. The molecule has 7 heteroatoms. The Balaban J connectivity index is 2.29. The number of hydrogen-bond acceptors (Lipinski definition) is 6. The molecule has 90 valence electrons. The molecule has 0 amide bonds. The summed E-state index contributed by atoms with van der Waals surface area (Å²) in [6.45, 7) is 5.41. The molecule has 6 nitrogen and oxygen atoms in total. The topological polar surface area (TPSA) is 80.8 Å². The van der Waals surface area contributed by atoms with Crippen LogP contribution >= 0.6 is 11.5 Å². The first kappa shape index (κ1) is 11.7. The van der Waals surface area contributed by atoms with Crippen molar-refractivity contribution < 1.29 is 9.53 Å². The molecule has 0 aromatic carbocycles. The van der Waals surface area contributed by atoms with Gasteiger partial charge >= 0.3 is 5.97 Å². The van der Waals surface area contributed by atoms with E-state index >= 15 is 0 Å². The van der Waals surface area contributed by atoms with Gasteiger partial charge in [0.15, 0.2) is 5.69 Å². The SMILES string of the molecule is CC(C)(C)OC(=O)c1n[nH]nc1-c1ccns1. The van der Waals surface area contributed by atoms with Gasteiger partial charge in [-0.2, -0.15) is 10.3 Å². The van der Waals surface area contributed by atoms with Gasteiger partial charge in [-0.25, -0.2) is 9.17 Å². The standard InChI is InChI=1S/C10H12N4O2S/c1-10(2,3)16-9(15)8-7(12-14-13-8)6-4-5-11-17-6/h4-5H,1-3H3,(H,12,13,14). The van der Waals surface area contributed by atoms with Gasteiger partial charge in [0.1, 0.15) is 11.3 Å². The van der Waals surface area contributed by atoms with E-state index in [1.54, 1.807) is 33.0 Å². The van der Waals surface area contributed by atoms with E-state index in [0.29, 0.717) is 5.69 Å². The van der Waals surface area contributed by atoms with Crippen LogP contribution in [0.3, 0.4) is 0 Å². The third-order valence-electron chi connectivity index (χ3n) is 1.81. The number of aromatic amines is 1. The van der Waals surface area contributed by atoms with Gasteiger partial charge in [-0.05, 0) is 38.4 Å². The Labute approximate surface area is 102 Å². The minimum Gasteiger partial charge on any atom is -0.455 e. The number of carbonyl (C=O) groups is 1. The molecule has 0 saturated carbocycles. The van der Waals surface area contributed by atoms with Crippen molar-refractivity contribution >= 4 is 17.5 Å². The van der Waals surface area contributed by atoms with Crippen molar-refractivity contribution in [2.75, 3.05) is 0 Å². The number of ether oxygens (including phenoxy) is 1. The normalized spacial score (nSPS) is 11.5. The zero-order valence-electron chi connectivity index (χ0n) is 9.72. The van der Waals surface area contributed by atoms with Crippen LogP contribution in [0.1, 0.15) is 31.3 Å². The second-order valence-electron chi connectivity index (χ2n) is 4.40. The van der Waals surface area contributed by atoms with Crippen LogP contribution in [0.25, 0.3) is 10.6 Å². The molecule has 2 heterocycles. The number of H-pyrrole nitrogens is 1. The van der Waals surface area contributed by atoms with Crippen LogP contribution in [0.4, 0.5) is 0 Å². The van der Waals surface area contributed by atoms with E-state index in [-0.39, 0.29) is 5.69 Å². The largest absolute Gasteiger partial charge is 0.455 e. The van der Waals surface area contributed by atoms with Crippen molar-refractivity contribution in [3.05, 3.63) is 18.0 Å². The highest BCUT2D eigenvalue weighted by atomic mass is 32.1. The summed E-state index contributed by atoms with van der Waals surface area (Å²) in [5.41, 5.74) is 0.104. The van der Waals surface area contributed by atoms with E-state index in [4.69, 9.17) is 4.74 Å². The Morgan fingerprint density at radius 2 is 2.18 bits per heavy atom. The van der Waals surface area contributed by atoms with Crippen LogP contribution in [0, 0.1) is 0 Å². The number of rotatable bonds is 2. The summed E-state index contributed by atoms with van der Waals surface area (Å²) in [7, 11) is 0. The van der Waals surface area contributed by atoms with Gasteiger partial charge in [-0.3, -0.25) is 0 Å². The zero-order chi connectivity index (χ0) is 12.5. The maximum absolute atomic E-state index is 11.9. The van der Waals surface area contributed by atoms with Gasteiger partial charge < -0.3 is 4.74 Å². The Morgan fingerprint density at radius 1 is 1.41 bits per heavy atom. The van der Waals surface area contributed by atoms with Crippen LogP contribution in [-0.2, 0) is 4.74 Å². The third kappa shape index (κ3) is 2.68. The van der Waals surface area contributed by atoms with E-state index in [9.17, 15) is 4.79 Å². The van der Waals surface area contributed by atoms with Crippen LogP contribution in [0.15, 0.2) is 12.3 Å². The van der Waals surface area contributed by atoms with E-state index in [0.717, 1.165) is 4.88 Å². The third-order valence-corrected chi connectivity index (χ3v) is 2.56. The molecule has 0 spiro atoms. The van der Waals surface area contributed by atoms with Crippen LogP contribution in [-0.4, -0.2) is 31.4 Å². The van der Waals surface area contributed by atoms with Gasteiger partial charge in [-0.1, -0.05) is 0 Å². The van der Waals surface area contributed by atoms with Crippen LogP contribution in [0.2, 0.25) is 0 Å². The Morgan fingerprint density at radius 3 is 2.76 bits per heavy atom.